The van der Waals surface area contributed by atoms with Crippen molar-refractivity contribution in [3.8, 4) is 23.6 Å². The van der Waals surface area contributed by atoms with Crippen LogP contribution in [0.2, 0.25) is 0 Å². The van der Waals surface area contributed by atoms with Crippen molar-refractivity contribution >= 4 is 9.84 Å². The third kappa shape index (κ3) is 12.6. The first-order valence-corrected chi connectivity index (χ1v) is 20.5. The Labute approximate surface area is 299 Å². The fraction of sp³-hybridized carbons (Fsp3) is 0.575. The summed E-state index contributed by atoms with van der Waals surface area (Å²) in [5, 5.41) is 9.25. The van der Waals surface area contributed by atoms with E-state index in [2.05, 4.69) is 40.0 Å². The van der Waals surface area contributed by atoms with Crippen LogP contribution in [0.15, 0.2) is 53.7 Å². The average Bonchev–Trinajstić information content (AvgIpc) is 3.11. The molecule has 50 heavy (non-hydrogen) atoms. The van der Waals surface area contributed by atoms with Crippen molar-refractivity contribution in [2.75, 3.05) is 19.3 Å². The van der Waals surface area contributed by atoms with Crippen LogP contribution < -0.4 is 9.47 Å². The number of aromatic nitrogens is 2. The molecule has 0 amide bonds. The van der Waals surface area contributed by atoms with E-state index in [1.165, 1.54) is 101 Å². The molecule has 0 N–H and O–H groups in total. The van der Waals surface area contributed by atoms with Gasteiger partial charge in [-0.05, 0) is 68.5 Å². The van der Waals surface area contributed by atoms with Crippen molar-refractivity contribution < 1.29 is 22.3 Å². The molecule has 1 fully saturated rings. The molecule has 1 aromatic heterocycles. The molecule has 1 unspecified atom stereocenters. The van der Waals surface area contributed by atoms with Crippen LogP contribution in [-0.2, 0) is 16.3 Å². The summed E-state index contributed by atoms with van der Waals surface area (Å²) in [6.07, 6.45) is 22.2. The highest BCUT2D eigenvalue weighted by molar-refractivity contribution is 7.90. The first kappa shape index (κ1) is 39.2. The number of hydrogen-bond donors (Lipinski definition) is 0. The molecule has 2 aromatic carbocycles. The van der Waals surface area contributed by atoms with Crippen LogP contribution in [0.4, 0.5) is 4.39 Å². The molecular formula is C40H55FN4O4S. The highest BCUT2D eigenvalue weighted by Gasteiger charge is 2.27. The van der Waals surface area contributed by atoms with Gasteiger partial charge in [-0.2, -0.15) is 5.26 Å². The van der Waals surface area contributed by atoms with Crippen LogP contribution in [0.1, 0.15) is 120 Å². The molecule has 272 valence electrons. The van der Waals surface area contributed by atoms with Gasteiger partial charge in [0.05, 0.1) is 22.1 Å². The molecule has 1 atom stereocenters. The van der Waals surface area contributed by atoms with Gasteiger partial charge < -0.3 is 9.47 Å². The lowest BCUT2D eigenvalue weighted by molar-refractivity contribution is 0.0683. The molecule has 8 nitrogen and oxygen atoms in total. The maximum Gasteiger partial charge on any atom is 0.229 e. The van der Waals surface area contributed by atoms with Gasteiger partial charge in [0.1, 0.15) is 12.4 Å². The lowest BCUT2D eigenvalue weighted by atomic mass is 9.95. The van der Waals surface area contributed by atoms with Gasteiger partial charge in [0, 0.05) is 25.4 Å². The molecule has 0 aliphatic carbocycles. The Hall–Kier alpha value is -3.55. The van der Waals surface area contributed by atoms with Crippen LogP contribution >= 0.6 is 0 Å². The van der Waals surface area contributed by atoms with Gasteiger partial charge in [-0.25, -0.2) is 22.8 Å². The summed E-state index contributed by atoms with van der Waals surface area (Å²) in [4.78, 5) is 11.0. The van der Waals surface area contributed by atoms with Crippen LogP contribution in [-0.4, -0.2) is 54.8 Å². The second kappa shape index (κ2) is 20.3. The standard InChI is InChI=1S/C40H55FN4O4S/c1-4-5-6-7-8-9-10-11-12-13-14-15-16-34(27-32-17-19-33(29-42)20-18-32)45-25-23-35(24-26-45)48-39-31(2)40(44-30-43-39)49-38-22-21-36(28-37(38)41)50(3,46)47/h17-22,28,30,34-35H,4-16,23-27H2,1-3H3. The zero-order chi connectivity index (χ0) is 35.8. The van der Waals surface area contributed by atoms with Crippen LogP contribution in [0, 0.1) is 24.1 Å². The molecule has 1 aliphatic heterocycles. The molecule has 2 heterocycles. The summed E-state index contributed by atoms with van der Waals surface area (Å²) in [6.45, 7) is 5.86. The first-order valence-electron chi connectivity index (χ1n) is 18.6. The Morgan fingerprint density at radius 3 is 2.08 bits per heavy atom. The summed E-state index contributed by atoms with van der Waals surface area (Å²) in [7, 11) is -3.54. The number of sulfone groups is 1. The summed E-state index contributed by atoms with van der Waals surface area (Å²) in [5.74, 6) is -0.365. The summed E-state index contributed by atoms with van der Waals surface area (Å²) >= 11 is 0. The minimum atomic E-state index is -3.54. The molecule has 0 saturated carbocycles. The monoisotopic (exact) mass is 706 g/mol. The van der Waals surface area contributed by atoms with Gasteiger partial charge in [-0.15, -0.1) is 0 Å². The van der Waals surface area contributed by atoms with Crippen LogP contribution in [0.25, 0.3) is 0 Å². The number of hydrogen-bond acceptors (Lipinski definition) is 8. The fourth-order valence-corrected chi connectivity index (χ4v) is 7.31. The van der Waals surface area contributed by atoms with Crippen molar-refractivity contribution in [1.82, 2.24) is 14.9 Å². The highest BCUT2D eigenvalue weighted by Crippen LogP contribution is 2.32. The van der Waals surface area contributed by atoms with Gasteiger partial charge in [-0.3, -0.25) is 4.90 Å². The number of nitriles is 1. The second-order valence-electron chi connectivity index (χ2n) is 13.8. The number of piperidine rings is 1. The van der Waals surface area contributed by atoms with Crippen molar-refractivity contribution in [2.45, 2.75) is 134 Å². The topological polar surface area (TPSA) is 105 Å². The SMILES string of the molecule is CCCCCCCCCCCCCCC(Cc1ccc(C#N)cc1)N1CCC(Oc2ncnc(Oc3ccc(S(C)(=O)=O)cc3F)c2C)CC1. The van der Waals surface area contributed by atoms with Crippen LogP contribution in [0.5, 0.6) is 17.5 Å². The van der Waals surface area contributed by atoms with E-state index in [4.69, 9.17) is 9.47 Å². The minimum Gasteiger partial charge on any atom is -0.474 e. The maximum atomic E-state index is 14.7. The minimum absolute atomic E-state index is 0.0271. The number of ether oxygens (including phenoxy) is 2. The van der Waals surface area contributed by atoms with E-state index in [0.717, 1.165) is 51.1 Å². The van der Waals surface area contributed by atoms with Gasteiger partial charge in [0.15, 0.2) is 21.4 Å². The van der Waals surface area contributed by atoms with Gasteiger partial charge in [0.2, 0.25) is 11.8 Å². The molecular weight excluding hydrogens is 652 g/mol. The van der Waals surface area contributed by atoms with E-state index >= 15 is 0 Å². The molecule has 1 saturated heterocycles. The normalized spacial score (nSPS) is 14.7. The van der Waals surface area contributed by atoms with E-state index in [1.54, 1.807) is 6.92 Å². The molecule has 10 heteroatoms. The average molecular weight is 707 g/mol. The van der Waals surface area contributed by atoms with Gasteiger partial charge in [0.25, 0.3) is 0 Å². The van der Waals surface area contributed by atoms with E-state index in [0.29, 0.717) is 23.0 Å². The quantitative estimate of drug-likeness (QED) is 0.101. The second-order valence-corrected chi connectivity index (χ2v) is 15.8. The zero-order valence-electron chi connectivity index (χ0n) is 30.2. The van der Waals surface area contributed by atoms with E-state index in [1.807, 2.05) is 12.1 Å². The Balaban J connectivity index is 1.28. The third-order valence-electron chi connectivity index (χ3n) is 9.75. The number of nitrogens with zero attached hydrogens (tertiary/aromatic N) is 4. The molecule has 3 aromatic rings. The third-order valence-corrected chi connectivity index (χ3v) is 10.9. The zero-order valence-corrected chi connectivity index (χ0v) is 31.0. The van der Waals surface area contributed by atoms with Crippen LogP contribution in [0.3, 0.4) is 0 Å². The number of halogens is 1. The Bertz CT molecular complexity index is 1620. The van der Waals surface area contributed by atoms with Crippen molar-refractivity contribution in [3.05, 3.63) is 71.3 Å². The Morgan fingerprint density at radius 1 is 0.900 bits per heavy atom. The number of likely N-dealkylation sites (tertiary alicyclic amines) is 1. The molecule has 0 spiro atoms. The smallest absolute Gasteiger partial charge is 0.229 e. The van der Waals surface area contributed by atoms with E-state index in [-0.39, 0.29) is 22.6 Å². The lowest BCUT2D eigenvalue weighted by Crippen LogP contribution is -2.45. The highest BCUT2D eigenvalue weighted by atomic mass is 32.2. The first-order chi connectivity index (χ1) is 24.2. The predicted molar refractivity (Wildman–Crippen MR) is 196 cm³/mol. The van der Waals surface area contributed by atoms with Crippen molar-refractivity contribution in [3.63, 3.8) is 0 Å². The molecule has 0 radical (unpaired) electrons. The van der Waals surface area contributed by atoms with Crippen molar-refractivity contribution in [1.29, 1.82) is 5.26 Å². The summed E-state index contributed by atoms with van der Waals surface area (Å²) in [5.41, 5.74) is 2.50. The number of rotatable bonds is 21. The van der Waals surface area contributed by atoms with Crippen molar-refractivity contribution in [2.24, 2.45) is 0 Å². The summed E-state index contributed by atoms with van der Waals surface area (Å²) < 4.78 is 50.3. The molecule has 1 aliphatic rings. The largest absolute Gasteiger partial charge is 0.474 e. The van der Waals surface area contributed by atoms with E-state index in [9.17, 15) is 18.1 Å². The number of unbranched alkanes of at least 4 members (excludes halogenated alkanes) is 11. The summed E-state index contributed by atoms with van der Waals surface area (Å²) in [6, 6.07) is 14.2. The van der Waals surface area contributed by atoms with Gasteiger partial charge >= 0.3 is 0 Å². The molecule has 4 rings (SSSR count). The lowest BCUT2D eigenvalue weighted by Gasteiger charge is -2.38. The number of benzene rings is 2. The Morgan fingerprint density at radius 2 is 1.50 bits per heavy atom. The Kier molecular flexibility index (Phi) is 16.0. The van der Waals surface area contributed by atoms with E-state index < -0.39 is 15.7 Å². The fourth-order valence-electron chi connectivity index (χ4n) is 6.68. The maximum absolute atomic E-state index is 14.7. The van der Waals surface area contributed by atoms with Gasteiger partial charge in [-0.1, -0.05) is 96.1 Å². The molecule has 0 bridgehead atoms. The predicted octanol–water partition coefficient (Wildman–Crippen LogP) is 9.54.